The van der Waals surface area contributed by atoms with Gasteiger partial charge in [-0.1, -0.05) is 73.8 Å². The third-order valence-corrected chi connectivity index (χ3v) is 14.4. The van der Waals surface area contributed by atoms with E-state index in [2.05, 4.69) is 57.3 Å². The molecule has 9 nitrogen and oxygen atoms in total. The average Bonchev–Trinajstić information content (AvgIpc) is 3.95. The largest absolute Gasteiger partial charge is 0.532 e. The number of hydrogen-bond donors (Lipinski definition) is 0. The predicted octanol–water partition coefficient (Wildman–Crippen LogP) is 8.18. The van der Waals surface area contributed by atoms with Gasteiger partial charge in [-0.3, -0.25) is 4.98 Å². The van der Waals surface area contributed by atoms with Gasteiger partial charge in [0.25, 0.3) is 8.38 Å². The van der Waals surface area contributed by atoms with E-state index in [1.165, 1.54) is 0 Å². The van der Waals surface area contributed by atoms with Crippen LogP contribution in [0.15, 0.2) is 146 Å². The fraction of sp³-hybridized carbons (Fsp3) is 0.135. The van der Waals surface area contributed by atoms with Crippen molar-refractivity contribution < 1.29 is 22.6 Å². The van der Waals surface area contributed by atoms with Gasteiger partial charge < -0.3 is 22.6 Å². The maximum atomic E-state index is 6.92. The minimum atomic E-state index is -2.50. The van der Waals surface area contributed by atoms with Crippen LogP contribution < -0.4 is 33.0 Å². The Kier molecular flexibility index (Phi) is 10.1. The summed E-state index contributed by atoms with van der Waals surface area (Å²) in [5.41, 5.74) is 1.23. The summed E-state index contributed by atoms with van der Waals surface area (Å²) in [6, 6.07) is 38.9. The molecule has 246 valence electrons. The molecule has 0 aliphatic heterocycles. The van der Waals surface area contributed by atoms with Gasteiger partial charge in [0, 0.05) is 54.6 Å². The fourth-order valence-corrected chi connectivity index (χ4v) is 11.2. The van der Waals surface area contributed by atoms with Crippen molar-refractivity contribution in [1.29, 1.82) is 0 Å². The number of para-hydroxylation sites is 2. The Labute approximate surface area is 289 Å². The molecule has 0 spiro atoms. The quantitative estimate of drug-likeness (QED) is 0.0822. The van der Waals surface area contributed by atoms with Crippen molar-refractivity contribution in [3.63, 3.8) is 0 Å². The zero-order valence-electron chi connectivity index (χ0n) is 26.9. The first-order chi connectivity index (χ1) is 24.0. The smallest absolute Gasteiger partial charge is 0.438 e. The Hall–Kier alpha value is -4.88. The number of rotatable bonds is 14. The average molecular weight is 705 g/mol. The van der Waals surface area contributed by atoms with E-state index in [0.717, 1.165) is 28.2 Å². The third-order valence-electron chi connectivity index (χ3n) is 8.01. The lowest BCUT2D eigenvalue weighted by molar-refractivity contribution is 0.377. The first-order valence-corrected chi connectivity index (χ1v) is 21.2. The molecule has 0 radical (unpaired) electrons. The molecule has 4 heterocycles. The summed E-state index contributed by atoms with van der Waals surface area (Å²) in [5, 5.41) is 2.17. The van der Waals surface area contributed by atoms with Crippen molar-refractivity contribution in [3.05, 3.63) is 152 Å². The molecule has 4 aromatic heterocycles. The summed E-state index contributed by atoms with van der Waals surface area (Å²) in [7, 11) is -5.86. The molecule has 0 N–H and O–H groups in total. The van der Waals surface area contributed by atoms with Gasteiger partial charge in [-0.05, 0) is 59.3 Å². The van der Waals surface area contributed by atoms with Crippen LogP contribution in [-0.4, -0.2) is 33.7 Å². The number of nitrogens with zero attached hydrogens (tertiary/aromatic N) is 4. The van der Waals surface area contributed by atoms with Gasteiger partial charge in [0.1, 0.15) is 19.6 Å². The predicted molar refractivity (Wildman–Crippen MR) is 195 cm³/mol. The van der Waals surface area contributed by atoms with Gasteiger partial charge in [-0.2, -0.15) is 0 Å². The summed E-state index contributed by atoms with van der Waals surface area (Å²) in [4.78, 5) is 17.7. The molecule has 1 aliphatic carbocycles. The second kappa shape index (κ2) is 15.1. The molecule has 6 aromatic rings. The Morgan fingerprint density at radius 3 is 1.49 bits per heavy atom. The van der Waals surface area contributed by atoms with E-state index < -0.39 is 25.1 Å². The molecule has 0 saturated heterocycles. The van der Waals surface area contributed by atoms with Crippen molar-refractivity contribution in [1.82, 2.24) is 19.9 Å². The van der Waals surface area contributed by atoms with Gasteiger partial charge in [0.15, 0.2) is 0 Å². The van der Waals surface area contributed by atoms with Crippen LogP contribution in [0.1, 0.15) is 18.0 Å². The highest BCUT2D eigenvalue weighted by Gasteiger charge is 2.50. The van der Waals surface area contributed by atoms with Gasteiger partial charge >= 0.3 is 8.60 Å². The molecule has 3 atom stereocenters. The maximum Gasteiger partial charge on any atom is 0.532 e. The number of benzene rings is 2. The highest BCUT2D eigenvalue weighted by Crippen LogP contribution is 2.61. The molecule has 1 aliphatic rings. The Morgan fingerprint density at radius 2 is 0.980 bits per heavy atom. The van der Waals surface area contributed by atoms with Crippen molar-refractivity contribution in [3.8, 4) is 29.1 Å². The van der Waals surface area contributed by atoms with Crippen LogP contribution in [0.5, 0.6) is 29.1 Å². The Balaban J connectivity index is 1.18. The van der Waals surface area contributed by atoms with E-state index in [4.69, 9.17) is 22.6 Å². The minimum absolute atomic E-state index is 0.177. The van der Waals surface area contributed by atoms with Crippen LogP contribution in [0.4, 0.5) is 0 Å². The molecule has 2 aromatic carbocycles. The molecule has 1 saturated carbocycles. The van der Waals surface area contributed by atoms with Gasteiger partial charge in [-0.15, -0.1) is 0 Å². The highest BCUT2D eigenvalue weighted by atomic mass is 31.2. The second-order valence-electron chi connectivity index (χ2n) is 11.8. The van der Waals surface area contributed by atoms with E-state index in [-0.39, 0.29) is 11.6 Å². The summed E-state index contributed by atoms with van der Waals surface area (Å²) in [6.07, 6.45) is 7.83. The lowest BCUT2D eigenvalue weighted by atomic mass is 10.2. The first-order valence-electron chi connectivity index (χ1n) is 15.9. The zero-order valence-corrected chi connectivity index (χ0v) is 29.7. The molecular weight excluding hydrogens is 670 g/mol. The lowest BCUT2D eigenvalue weighted by Gasteiger charge is -2.29. The molecule has 0 amide bonds. The van der Waals surface area contributed by atoms with Crippen LogP contribution in [0.25, 0.3) is 0 Å². The van der Waals surface area contributed by atoms with Crippen LogP contribution in [0, 0.1) is 0 Å². The number of pyridine rings is 4. The van der Waals surface area contributed by atoms with Crippen LogP contribution in [0.3, 0.4) is 0 Å². The van der Waals surface area contributed by atoms with Crippen LogP contribution in [-0.2, 0) is 0 Å². The molecule has 49 heavy (non-hydrogen) atoms. The normalized spacial score (nSPS) is 16.0. The number of aromatic nitrogens is 4. The summed E-state index contributed by atoms with van der Waals surface area (Å²) >= 11 is 0. The number of hydrogen-bond acceptors (Lipinski definition) is 9. The van der Waals surface area contributed by atoms with Gasteiger partial charge in [-0.25, -0.2) is 15.0 Å². The van der Waals surface area contributed by atoms with Crippen molar-refractivity contribution in [2.75, 3.05) is 0 Å². The van der Waals surface area contributed by atoms with Gasteiger partial charge in [0.05, 0.1) is 5.66 Å². The Bertz CT molecular complexity index is 1910. The lowest BCUT2D eigenvalue weighted by Crippen LogP contribution is -2.53. The molecule has 12 heteroatoms. The molecular formula is C37H34N4O5P2Si. The van der Waals surface area contributed by atoms with Crippen molar-refractivity contribution >= 4 is 35.4 Å². The van der Waals surface area contributed by atoms with Crippen LogP contribution >= 0.6 is 17.0 Å². The Morgan fingerprint density at radius 1 is 0.510 bits per heavy atom. The molecule has 3 unspecified atom stereocenters. The van der Waals surface area contributed by atoms with E-state index in [0.29, 0.717) is 23.4 Å². The maximum absolute atomic E-state index is 6.92. The standard InChI is InChI=1S/C37H34N4O5P2Si/c1-49(2,34-19-6-4-17-31(34)43-48(45-36-21-9-13-25-40-36)46-37-22-10-14-26-41-37)33-18-5-3-16-30(33)42-47(44-35-20-8-12-24-39-35)32-27-28(32)29-15-7-11-23-38-29/h3-26,28,32H,27H2,1-2H3. The van der Waals surface area contributed by atoms with Gasteiger partial charge in [0.2, 0.25) is 17.6 Å². The van der Waals surface area contributed by atoms with E-state index in [1.807, 2.05) is 91.1 Å². The molecule has 1 fully saturated rings. The monoisotopic (exact) mass is 704 g/mol. The van der Waals surface area contributed by atoms with Crippen molar-refractivity contribution in [2.45, 2.75) is 31.1 Å². The van der Waals surface area contributed by atoms with E-state index in [9.17, 15) is 0 Å². The van der Waals surface area contributed by atoms with Crippen molar-refractivity contribution in [2.24, 2.45) is 0 Å². The first kappa shape index (κ1) is 32.7. The third kappa shape index (κ3) is 8.06. The fourth-order valence-electron chi connectivity index (χ4n) is 5.43. The second-order valence-corrected chi connectivity index (χ2v) is 18.7. The SMILES string of the molecule is C[Si](C)(c1ccccc1OP(Oc1ccccn1)Oc1ccccn1)c1ccccc1OP(Oc1ccccn1)C1CC1c1ccccn1. The minimum Gasteiger partial charge on any atom is -0.438 e. The van der Waals surface area contributed by atoms with E-state index in [1.54, 1.807) is 30.7 Å². The van der Waals surface area contributed by atoms with E-state index >= 15 is 0 Å². The van der Waals surface area contributed by atoms with Crippen LogP contribution in [0.2, 0.25) is 13.1 Å². The topological polar surface area (TPSA) is 97.7 Å². The summed E-state index contributed by atoms with van der Waals surface area (Å²) < 4.78 is 32.3. The summed E-state index contributed by atoms with van der Waals surface area (Å²) in [5.74, 6) is 3.04. The molecule has 0 bridgehead atoms. The molecule has 7 rings (SSSR count). The highest BCUT2D eigenvalue weighted by molar-refractivity contribution is 7.49. The summed E-state index contributed by atoms with van der Waals surface area (Å²) in [6.45, 7) is 4.57. The zero-order chi connectivity index (χ0) is 33.5.